The molecule has 0 aliphatic carbocycles. The molecule has 0 radical (unpaired) electrons. The Hall–Kier alpha value is -2.04. The van der Waals surface area contributed by atoms with E-state index in [9.17, 15) is 4.79 Å². The van der Waals surface area contributed by atoms with E-state index in [1.165, 1.54) is 5.56 Å². The third-order valence-electron chi connectivity index (χ3n) is 3.75. The van der Waals surface area contributed by atoms with Gasteiger partial charge < -0.3 is 15.8 Å². The summed E-state index contributed by atoms with van der Waals surface area (Å²) in [5.41, 5.74) is 7.08. The molecule has 130 valence electrons. The number of nitrogens with one attached hydrogen (secondary N) is 1. The lowest BCUT2D eigenvalue weighted by molar-refractivity contribution is -0.126. The number of carbonyl (C=O) groups is 1. The van der Waals surface area contributed by atoms with Crippen LogP contribution in [-0.2, 0) is 10.3 Å². The van der Waals surface area contributed by atoms with E-state index in [-0.39, 0.29) is 24.4 Å². The van der Waals surface area contributed by atoms with E-state index in [0.29, 0.717) is 6.54 Å². The first-order valence-electron chi connectivity index (χ1n) is 7.75. The van der Waals surface area contributed by atoms with Crippen molar-refractivity contribution >= 4 is 18.3 Å². The fraction of sp³-hybridized carbons (Fsp3) is 0.316. The first kappa shape index (κ1) is 20.0. The van der Waals surface area contributed by atoms with Crippen molar-refractivity contribution in [3.8, 4) is 5.75 Å². The molecular weight excluding hydrogens is 324 g/mol. The predicted molar refractivity (Wildman–Crippen MR) is 99.5 cm³/mol. The molecule has 2 aromatic rings. The number of amides is 1. The SMILES string of the molecule is Cc1ccc(OC(C)CNC(=O)C(C)(N)c2ccccc2)cc1.Cl. The molecule has 0 fully saturated rings. The number of rotatable bonds is 6. The fourth-order valence-electron chi connectivity index (χ4n) is 2.23. The first-order valence-corrected chi connectivity index (χ1v) is 7.75. The zero-order valence-electron chi connectivity index (χ0n) is 14.3. The summed E-state index contributed by atoms with van der Waals surface area (Å²) in [4.78, 5) is 12.4. The van der Waals surface area contributed by atoms with Crippen LogP contribution in [0.25, 0.3) is 0 Å². The van der Waals surface area contributed by atoms with Crippen LogP contribution in [0.5, 0.6) is 5.75 Å². The summed E-state index contributed by atoms with van der Waals surface area (Å²) < 4.78 is 5.78. The number of ether oxygens (including phenoxy) is 1. The molecule has 0 bridgehead atoms. The van der Waals surface area contributed by atoms with Crippen molar-refractivity contribution in [2.24, 2.45) is 5.73 Å². The number of aryl methyl sites for hydroxylation is 1. The maximum Gasteiger partial charge on any atom is 0.244 e. The lowest BCUT2D eigenvalue weighted by atomic mass is 9.92. The van der Waals surface area contributed by atoms with Crippen LogP contribution in [-0.4, -0.2) is 18.6 Å². The molecule has 4 nitrogen and oxygen atoms in total. The molecule has 2 unspecified atom stereocenters. The smallest absolute Gasteiger partial charge is 0.244 e. The number of hydrogen-bond donors (Lipinski definition) is 2. The summed E-state index contributed by atoms with van der Waals surface area (Å²) in [6, 6.07) is 17.2. The van der Waals surface area contributed by atoms with Gasteiger partial charge in [-0.05, 0) is 38.5 Å². The zero-order valence-corrected chi connectivity index (χ0v) is 15.1. The number of carbonyl (C=O) groups excluding carboxylic acids is 1. The van der Waals surface area contributed by atoms with Crippen molar-refractivity contribution in [2.75, 3.05) is 6.54 Å². The van der Waals surface area contributed by atoms with Gasteiger partial charge in [-0.25, -0.2) is 0 Å². The molecule has 1 amide bonds. The van der Waals surface area contributed by atoms with Crippen LogP contribution >= 0.6 is 12.4 Å². The monoisotopic (exact) mass is 348 g/mol. The maximum atomic E-state index is 12.4. The molecule has 5 heteroatoms. The second kappa shape index (κ2) is 8.71. The van der Waals surface area contributed by atoms with E-state index >= 15 is 0 Å². The van der Waals surface area contributed by atoms with E-state index in [1.54, 1.807) is 6.92 Å². The molecule has 0 saturated carbocycles. The normalized spacial score (nSPS) is 14.0. The Morgan fingerprint density at radius 3 is 2.33 bits per heavy atom. The molecule has 2 atom stereocenters. The Morgan fingerprint density at radius 1 is 1.17 bits per heavy atom. The molecule has 0 aliphatic heterocycles. The minimum Gasteiger partial charge on any atom is -0.489 e. The van der Waals surface area contributed by atoms with E-state index in [1.807, 2.05) is 68.4 Å². The van der Waals surface area contributed by atoms with Crippen molar-refractivity contribution in [3.63, 3.8) is 0 Å². The van der Waals surface area contributed by atoms with Crippen LogP contribution in [0, 0.1) is 6.92 Å². The van der Waals surface area contributed by atoms with Gasteiger partial charge >= 0.3 is 0 Å². The third kappa shape index (κ3) is 5.25. The summed E-state index contributed by atoms with van der Waals surface area (Å²) >= 11 is 0. The van der Waals surface area contributed by atoms with Crippen LogP contribution in [0.2, 0.25) is 0 Å². The van der Waals surface area contributed by atoms with Gasteiger partial charge in [0.25, 0.3) is 0 Å². The topological polar surface area (TPSA) is 64.3 Å². The second-order valence-corrected chi connectivity index (χ2v) is 6.02. The predicted octanol–water partition coefficient (Wildman–Crippen LogP) is 3.17. The third-order valence-corrected chi connectivity index (χ3v) is 3.75. The van der Waals surface area contributed by atoms with Gasteiger partial charge in [-0.2, -0.15) is 0 Å². The van der Waals surface area contributed by atoms with Gasteiger partial charge in [-0.3, -0.25) is 4.79 Å². The van der Waals surface area contributed by atoms with E-state index < -0.39 is 5.54 Å². The van der Waals surface area contributed by atoms with Crippen LogP contribution in [0.3, 0.4) is 0 Å². The van der Waals surface area contributed by atoms with Crippen molar-refractivity contribution in [1.29, 1.82) is 0 Å². The van der Waals surface area contributed by atoms with Gasteiger partial charge in [0.15, 0.2) is 0 Å². The van der Waals surface area contributed by atoms with Crippen molar-refractivity contribution in [1.82, 2.24) is 5.32 Å². The highest BCUT2D eigenvalue weighted by Crippen LogP contribution is 2.17. The number of hydrogen-bond acceptors (Lipinski definition) is 3. The molecular formula is C19H25ClN2O2. The molecule has 2 aromatic carbocycles. The Balaban J connectivity index is 0.00000288. The van der Waals surface area contributed by atoms with Gasteiger partial charge in [0.2, 0.25) is 5.91 Å². The van der Waals surface area contributed by atoms with Crippen molar-refractivity contribution in [2.45, 2.75) is 32.4 Å². The lowest BCUT2D eigenvalue weighted by Gasteiger charge is -2.25. The highest BCUT2D eigenvalue weighted by atomic mass is 35.5. The first-order chi connectivity index (χ1) is 10.9. The highest BCUT2D eigenvalue weighted by Gasteiger charge is 2.30. The summed E-state index contributed by atoms with van der Waals surface area (Å²) in [6.45, 7) is 6.05. The Morgan fingerprint density at radius 2 is 1.75 bits per heavy atom. The molecule has 0 aromatic heterocycles. The summed E-state index contributed by atoms with van der Waals surface area (Å²) in [5, 5.41) is 2.86. The molecule has 3 N–H and O–H groups in total. The maximum absolute atomic E-state index is 12.4. The van der Waals surface area contributed by atoms with Crippen LogP contribution < -0.4 is 15.8 Å². The summed E-state index contributed by atoms with van der Waals surface area (Å²) in [6.07, 6.45) is -0.145. The summed E-state index contributed by atoms with van der Waals surface area (Å²) in [5.74, 6) is 0.568. The standard InChI is InChI=1S/C19H24N2O2.ClH/c1-14-9-11-17(12-10-14)23-15(2)13-21-18(22)19(3,20)16-7-5-4-6-8-16;/h4-12,15H,13,20H2,1-3H3,(H,21,22);1H. The van der Waals surface area contributed by atoms with Crippen LogP contribution in [0.4, 0.5) is 0 Å². The second-order valence-electron chi connectivity index (χ2n) is 6.02. The Kier molecular flexibility index (Phi) is 7.26. The molecule has 24 heavy (non-hydrogen) atoms. The van der Waals surface area contributed by atoms with Crippen LogP contribution in [0.15, 0.2) is 54.6 Å². The molecule has 0 heterocycles. The van der Waals surface area contributed by atoms with E-state index in [0.717, 1.165) is 11.3 Å². The van der Waals surface area contributed by atoms with Gasteiger partial charge in [0, 0.05) is 0 Å². The Labute approximate surface area is 149 Å². The quantitative estimate of drug-likeness (QED) is 0.842. The minimum atomic E-state index is -1.06. The van der Waals surface area contributed by atoms with Crippen LogP contribution in [0.1, 0.15) is 25.0 Å². The van der Waals surface area contributed by atoms with Gasteiger partial charge in [-0.1, -0.05) is 48.0 Å². The number of benzene rings is 2. The summed E-state index contributed by atoms with van der Waals surface area (Å²) in [7, 11) is 0. The Bertz CT molecular complexity index is 642. The minimum absolute atomic E-state index is 0. The van der Waals surface area contributed by atoms with Gasteiger partial charge in [0.05, 0.1) is 6.54 Å². The van der Waals surface area contributed by atoms with Crippen molar-refractivity contribution < 1.29 is 9.53 Å². The average Bonchev–Trinajstić information content (AvgIpc) is 2.55. The van der Waals surface area contributed by atoms with Crippen molar-refractivity contribution in [3.05, 3.63) is 65.7 Å². The van der Waals surface area contributed by atoms with E-state index in [2.05, 4.69) is 5.32 Å². The lowest BCUT2D eigenvalue weighted by Crippen LogP contribution is -2.50. The molecule has 0 spiro atoms. The van der Waals surface area contributed by atoms with Gasteiger partial charge in [-0.15, -0.1) is 12.4 Å². The zero-order chi connectivity index (χ0) is 16.9. The molecule has 2 rings (SSSR count). The largest absolute Gasteiger partial charge is 0.489 e. The fourth-order valence-corrected chi connectivity index (χ4v) is 2.23. The van der Waals surface area contributed by atoms with Gasteiger partial charge in [0.1, 0.15) is 17.4 Å². The molecule has 0 saturated heterocycles. The molecule has 0 aliphatic rings. The highest BCUT2D eigenvalue weighted by molar-refractivity contribution is 5.87. The number of nitrogens with two attached hydrogens (primary N) is 1. The average molecular weight is 349 g/mol. The van der Waals surface area contributed by atoms with E-state index in [4.69, 9.17) is 10.5 Å². The number of halogens is 1.